The maximum atomic E-state index is 12.1. The number of carbonyl (C=O) groups excluding carboxylic acids is 1. The molecule has 2 rings (SSSR count). The van der Waals surface area contributed by atoms with Gasteiger partial charge in [-0.25, -0.2) is 8.42 Å². The Labute approximate surface area is 176 Å². The van der Waals surface area contributed by atoms with Crippen LogP contribution in [0.15, 0.2) is 29.2 Å². The van der Waals surface area contributed by atoms with Gasteiger partial charge >= 0.3 is 0 Å². The molecule has 0 unspecified atom stereocenters. The Bertz CT molecular complexity index is 749. The predicted molar refractivity (Wildman–Crippen MR) is 118 cm³/mol. The van der Waals surface area contributed by atoms with E-state index < -0.39 is 9.84 Å². The first-order chi connectivity index (χ1) is 13.7. The summed E-state index contributed by atoms with van der Waals surface area (Å²) in [6.45, 7) is 9.71. The van der Waals surface area contributed by atoms with Crippen LogP contribution >= 0.6 is 0 Å². The molecule has 1 aromatic carbocycles. The number of hydrogen-bond acceptors (Lipinski definition) is 5. The Balaban J connectivity index is 1.81. The molecule has 1 aliphatic rings. The zero-order valence-electron chi connectivity index (χ0n) is 18.4. The van der Waals surface area contributed by atoms with Gasteiger partial charge in [-0.2, -0.15) is 0 Å². The number of benzene rings is 1. The van der Waals surface area contributed by atoms with Crippen molar-refractivity contribution in [3.05, 3.63) is 29.8 Å². The fraction of sp³-hybridized carbons (Fsp3) is 0.682. The van der Waals surface area contributed by atoms with Crippen molar-refractivity contribution in [3.8, 4) is 0 Å². The molecule has 29 heavy (non-hydrogen) atoms. The van der Waals surface area contributed by atoms with Crippen LogP contribution in [0.3, 0.4) is 0 Å². The molecule has 0 saturated carbocycles. The second-order valence-electron chi connectivity index (χ2n) is 8.33. The van der Waals surface area contributed by atoms with Crippen LogP contribution in [0.5, 0.6) is 0 Å². The third-order valence-electron chi connectivity index (χ3n) is 5.65. The van der Waals surface area contributed by atoms with Crippen molar-refractivity contribution in [2.75, 3.05) is 52.6 Å². The van der Waals surface area contributed by atoms with Crippen molar-refractivity contribution < 1.29 is 13.2 Å². The fourth-order valence-corrected chi connectivity index (χ4v) is 4.49. The van der Waals surface area contributed by atoms with Crippen molar-refractivity contribution in [1.29, 1.82) is 0 Å². The van der Waals surface area contributed by atoms with Gasteiger partial charge in [-0.15, -0.1) is 0 Å². The Morgan fingerprint density at radius 3 is 2.38 bits per heavy atom. The second-order valence-corrected chi connectivity index (χ2v) is 10.3. The summed E-state index contributed by atoms with van der Waals surface area (Å²) in [5, 5.41) is 0. The molecule has 1 amide bonds. The Kier molecular flexibility index (Phi) is 9.11. The monoisotopic (exact) mass is 423 g/mol. The molecule has 0 radical (unpaired) electrons. The minimum Gasteiger partial charge on any atom is -0.340 e. The van der Waals surface area contributed by atoms with Gasteiger partial charge in [0.25, 0.3) is 0 Å². The molecular weight excluding hydrogens is 386 g/mol. The topological polar surface area (TPSA) is 60.9 Å². The van der Waals surface area contributed by atoms with E-state index in [1.54, 1.807) is 12.1 Å². The van der Waals surface area contributed by atoms with E-state index in [0.29, 0.717) is 17.5 Å². The molecule has 0 aliphatic carbocycles. The van der Waals surface area contributed by atoms with Crippen LogP contribution in [0.1, 0.15) is 38.7 Å². The Hall–Kier alpha value is -1.44. The molecule has 0 N–H and O–H groups in total. The number of unbranched alkanes of at least 4 members (excludes halogenated alkanes) is 1. The third kappa shape index (κ3) is 7.72. The number of hydrogen-bond donors (Lipinski definition) is 0. The molecule has 1 atom stereocenters. The number of amides is 1. The summed E-state index contributed by atoms with van der Waals surface area (Å²) in [4.78, 5) is 19.0. The van der Waals surface area contributed by atoms with Crippen LogP contribution in [0.25, 0.3) is 0 Å². The smallest absolute Gasteiger partial charge is 0.236 e. The van der Waals surface area contributed by atoms with Gasteiger partial charge in [-0.05, 0) is 70.4 Å². The van der Waals surface area contributed by atoms with Crippen LogP contribution in [-0.2, 0) is 21.1 Å². The van der Waals surface area contributed by atoms with E-state index in [1.807, 2.05) is 24.1 Å². The van der Waals surface area contributed by atoms with E-state index in [4.69, 9.17) is 0 Å². The number of likely N-dealkylation sites (N-methyl/N-ethyl adjacent to an activating group) is 1. The molecular formula is C22H37N3O3S. The first-order valence-corrected chi connectivity index (χ1v) is 12.6. The van der Waals surface area contributed by atoms with Gasteiger partial charge in [0.15, 0.2) is 9.84 Å². The summed E-state index contributed by atoms with van der Waals surface area (Å²) >= 11 is 0. The van der Waals surface area contributed by atoms with Crippen LogP contribution < -0.4 is 0 Å². The quantitative estimate of drug-likeness (QED) is 0.511. The standard InChI is InChI=1S/C22H37N3O3S/c1-5-12-24(13-6-7-14-25-16-15-23(3)18-22(25)26)19(2)17-20-8-10-21(11-9-20)29(4,27)28/h8-11,19H,5-7,12-18H2,1-4H3/t19-/m0/s1. The number of rotatable bonds is 11. The van der Waals surface area contributed by atoms with Crippen LogP contribution in [-0.4, -0.2) is 87.6 Å². The van der Waals surface area contributed by atoms with E-state index in [0.717, 1.165) is 64.0 Å². The zero-order valence-corrected chi connectivity index (χ0v) is 19.2. The Morgan fingerprint density at radius 2 is 1.79 bits per heavy atom. The molecule has 0 aromatic heterocycles. The van der Waals surface area contributed by atoms with Crippen molar-refractivity contribution in [2.24, 2.45) is 0 Å². The van der Waals surface area contributed by atoms with Crippen molar-refractivity contribution >= 4 is 15.7 Å². The molecule has 0 bridgehead atoms. The first-order valence-electron chi connectivity index (χ1n) is 10.7. The van der Waals surface area contributed by atoms with E-state index in [1.165, 1.54) is 6.26 Å². The molecule has 6 nitrogen and oxygen atoms in total. The molecule has 1 aromatic rings. The SMILES string of the molecule is CCCN(CCCCN1CCN(C)CC1=O)[C@@H](C)Cc1ccc(S(C)(=O)=O)cc1. The van der Waals surface area contributed by atoms with Crippen LogP contribution in [0.4, 0.5) is 0 Å². The molecule has 1 saturated heterocycles. The number of piperazine rings is 1. The summed E-state index contributed by atoms with van der Waals surface area (Å²) in [7, 11) is -1.15. The van der Waals surface area contributed by atoms with E-state index in [-0.39, 0.29) is 5.91 Å². The summed E-state index contributed by atoms with van der Waals surface area (Å²) in [6, 6.07) is 7.65. The van der Waals surface area contributed by atoms with Gasteiger partial charge < -0.3 is 9.80 Å². The van der Waals surface area contributed by atoms with Gasteiger partial charge in [-0.3, -0.25) is 9.69 Å². The van der Waals surface area contributed by atoms with Crippen molar-refractivity contribution in [2.45, 2.75) is 50.5 Å². The number of nitrogens with zero attached hydrogens (tertiary/aromatic N) is 3. The highest BCUT2D eigenvalue weighted by Gasteiger charge is 2.21. The number of carbonyl (C=O) groups is 1. The second kappa shape index (κ2) is 11.1. The van der Waals surface area contributed by atoms with Crippen molar-refractivity contribution in [1.82, 2.24) is 14.7 Å². The summed E-state index contributed by atoms with van der Waals surface area (Å²) in [5.74, 6) is 0.245. The van der Waals surface area contributed by atoms with Gasteiger partial charge in [-0.1, -0.05) is 19.1 Å². The summed E-state index contributed by atoms with van der Waals surface area (Å²) in [6.07, 6.45) is 5.36. The molecule has 1 fully saturated rings. The predicted octanol–water partition coefficient (Wildman–Crippen LogP) is 2.29. The van der Waals surface area contributed by atoms with Gasteiger partial charge in [0.05, 0.1) is 11.4 Å². The van der Waals surface area contributed by atoms with E-state index in [2.05, 4.69) is 23.6 Å². The largest absolute Gasteiger partial charge is 0.340 e. The molecule has 1 aliphatic heterocycles. The zero-order chi connectivity index (χ0) is 21.4. The lowest BCUT2D eigenvalue weighted by atomic mass is 10.1. The lowest BCUT2D eigenvalue weighted by Crippen LogP contribution is -2.49. The normalized spacial score (nSPS) is 17.1. The summed E-state index contributed by atoms with van der Waals surface area (Å²) in [5.41, 5.74) is 1.16. The van der Waals surface area contributed by atoms with E-state index >= 15 is 0 Å². The lowest BCUT2D eigenvalue weighted by Gasteiger charge is -2.33. The highest BCUT2D eigenvalue weighted by atomic mass is 32.2. The van der Waals surface area contributed by atoms with Crippen LogP contribution in [0.2, 0.25) is 0 Å². The van der Waals surface area contributed by atoms with E-state index in [9.17, 15) is 13.2 Å². The molecule has 1 heterocycles. The molecule has 164 valence electrons. The van der Waals surface area contributed by atoms with Crippen LogP contribution in [0, 0.1) is 0 Å². The highest BCUT2D eigenvalue weighted by Crippen LogP contribution is 2.15. The highest BCUT2D eigenvalue weighted by molar-refractivity contribution is 7.90. The van der Waals surface area contributed by atoms with Gasteiger partial charge in [0, 0.05) is 31.9 Å². The minimum absolute atomic E-state index is 0.245. The maximum absolute atomic E-state index is 12.1. The minimum atomic E-state index is -3.15. The fourth-order valence-electron chi connectivity index (χ4n) is 3.86. The Morgan fingerprint density at radius 1 is 1.10 bits per heavy atom. The first kappa shape index (κ1) is 23.8. The van der Waals surface area contributed by atoms with Gasteiger partial charge in [0.2, 0.25) is 5.91 Å². The summed E-state index contributed by atoms with van der Waals surface area (Å²) < 4.78 is 23.2. The van der Waals surface area contributed by atoms with Crippen molar-refractivity contribution in [3.63, 3.8) is 0 Å². The third-order valence-corrected chi connectivity index (χ3v) is 6.78. The van der Waals surface area contributed by atoms with Gasteiger partial charge in [0.1, 0.15) is 0 Å². The average Bonchev–Trinajstić information content (AvgIpc) is 2.65. The lowest BCUT2D eigenvalue weighted by molar-refractivity contribution is -0.135. The average molecular weight is 424 g/mol. The molecule has 0 spiro atoms. The molecule has 7 heteroatoms. The number of sulfone groups is 1. The maximum Gasteiger partial charge on any atom is 0.236 e.